The summed E-state index contributed by atoms with van der Waals surface area (Å²) in [6, 6.07) is 18.5. The van der Waals surface area contributed by atoms with E-state index in [4.69, 9.17) is 4.74 Å². The summed E-state index contributed by atoms with van der Waals surface area (Å²) in [5.41, 5.74) is 2.41. The van der Waals surface area contributed by atoms with Gasteiger partial charge in [0.1, 0.15) is 5.75 Å². The highest BCUT2D eigenvalue weighted by Crippen LogP contribution is 2.18. The van der Waals surface area contributed by atoms with Crippen LogP contribution in [-0.4, -0.2) is 24.9 Å². The fourth-order valence-corrected chi connectivity index (χ4v) is 2.42. The van der Waals surface area contributed by atoms with Gasteiger partial charge in [0.25, 0.3) is 0 Å². The van der Waals surface area contributed by atoms with Gasteiger partial charge in [0.15, 0.2) is 0 Å². The third-order valence-corrected chi connectivity index (χ3v) is 3.65. The molecular formula is C18H23NO2. The molecule has 112 valence electrons. The van der Waals surface area contributed by atoms with E-state index < -0.39 is 0 Å². The Morgan fingerprint density at radius 2 is 1.71 bits per heavy atom. The maximum atomic E-state index is 9.58. The summed E-state index contributed by atoms with van der Waals surface area (Å²) in [4.78, 5) is 0. The van der Waals surface area contributed by atoms with Crippen molar-refractivity contribution in [2.24, 2.45) is 0 Å². The van der Waals surface area contributed by atoms with Crippen LogP contribution in [0.15, 0.2) is 54.6 Å². The Kier molecular flexibility index (Phi) is 5.78. The van der Waals surface area contributed by atoms with E-state index >= 15 is 0 Å². The molecule has 2 rings (SSSR count). The quantitative estimate of drug-likeness (QED) is 0.822. The van der Waals surface area contributed by atoms with Gasteiger partial charge in [0.2, 0.25) is 0 Å². The third-order valence-electron chi connectivity index (χ3n) is 3.65. The Hall–Kier alpha value is -1.84. The molecule has 0 spiro atoms. The van der Waals surface area contributed by atoms with Crippen LogP contribution in [0.2, 0.25) is 0 Å². The van der Waals surface area contributed by atoms with Crippen LogP contribution in [0.4, 0.5) is 0 Å². The zero-order valence-corrected chi connectivity index (χ0v) is 12.6. The SMILES string of the molecule is COc1ccc(C(C)N[C@H](CO)Cc2ccccc2)cc1. The predicted octanol–water partition coefficient (Wildman–Crippen LogP) is 2.95. The van der Waals surface area contributed by atoms with Crippen molar-refractivity contribution in [3.8, 4) is 5.75 Å². The molecule has 2 atom stereocenters. The number of benzene rings is 2. The van der Waals surface area contributed by atoms with Gasteiger partial charge in [-0.15, -0.1) is 0 Å². The zero-order valence-electron chi connectivity index (χ0n) is 12.6. The molecule has 0 heterocycles. The van der Waals surface area contributed by atoms with E-state index in [0.717, 1.165) is 12.2 Å². The van der Waals surface area contributed by atoms with E-state index in [1.165, 1.54) is 11.1 Å². The Balaban J connectivity index is 1.96. The number of aliphatic hydroxyl groups is 1. The maximum absolute atomic E-state index is 9.58. The smallest absolute Gasteiger partial charge is 0.118 e. The van der Waals surface area contributed by atoms with Crippen LogP contribution < -0.4 is 10.1 Å². The van der Waals surface area contributed by atoms with Gasteiger partial charge in [-0.25, -0.2) is 0 Å². The maximum Gasteiger partial charge on any atom is 0.118 e. The molecular weight excluding hydrogens is 262 g/mol. The molecule has 21 heavy (non-hydrogen) atoms. The van der Waals surface area contributed by atoms with Crippen LogP contribution in [0.3, 0.4) is 0 Å². The number of methoxy groups -OCH3 is 1. The Morgan fingerprint density at radius 1 is 1.05 bits per heavy atom. The molecule has 1 unspecified atom stereocenters. The molecule has 2 aromatic rings. The van der Waals surface area contributed by atoms with Crippen molar-refractivity contribution in [2.45, 2.75) is 25.4 Å². The van der Waals surface area contributed by atoms with Crippen LogP contribution >= 0.6 is 0 Å². The molecule has 3 nitrogen and oxygen atoms in total. The van der Waals surface area contributed by atoms with E-state index in [1.54, 1.807) is 7.11 Å². The van der Waals surface area contributed by atoms with E-state index in [9.17, 15) is 5.11 Å². The van der Waals surface area contributed by atoms with Crippen molar-refractivity contribution in [1.82, 2.24) is 5.32 Å². The highest BCUT2D eigenvalue weighted by molar-refractivity contribution is 5.29. The first kappa shape index (κ1) is 15.5. The second-order valence-corrected chi connectivity index (χ2v) is 5.23. The van der Waals surface area contributed by atoms with Crippen molar-refractivity contribution in [3.05, 3.63) is 65.7 Å². The lowest BCUT2D eigenvalue weighted by Gasteiger charge is -2.22. The molecule has 0 aliphatic rings. The molecule has 0 saturated carbocycles. The zero-order chi connectivity index (χ0) is 15.1. The largest absolute Gasteiger partial charge is 0.497 e. The molecule has 0 fully saturated rings. The predicted molar refractivity (Wildman–Crippen MR) is 85.6 cm³/mol. The average molecular weight is 285 g/mol. The Bertz CT molecular complexity index is 525. The summed E-state index contributed by atoms with van der Waals surface area (Å²) < 4.78 is 5.17. The number of hydrogen-bond acceptors (Lipinski definition) is 3. The fraction of sp³-hybridized carbons (Fsp3) is 0.333. The molecule has 3 heteroatoms. The lowest BCUT2D eigenvalue weighted by Crippen LogP contribution is -2.36. The minimum absolute atomic E-state index is 0.0458. The minimum atomic E-state index is 0.0458. The van der Waals surface area contributed by atoms with E-state index in [-0.39, 0.29) is 18.7 Å². The number of hydrogen-bond donors (Lipinski definition) is 2. The van der Waals surface area contributed by atoms with E-state index in [0.29, 0.717) is 0 Å². The lowest BCUT2D eigenvalue weighted by molar-refractivity contribution is 0.232. The number of aliphatic hydroxyl groups excluding tert-OH is 1. The normalized spacial score (nSPS) is 13.7. The van der Waals surface area contributed by atoms with Gasteiger partial charge in [-0.1, -0.05) is 42.5 Å². The second-order valence-electron chi connectivity index (χ2n) is 5.23. The first-order chi connectivity index (χ1) is 10.2. The van der Waals surface area contributed by atoms with Crippen LogP contribution in [0.5, 0.6) is 5.75 Å². The van der Waals surface area contributed by atoms with E-state index in [2.05, 4.69) is 24.4 Å². The first-order valence-corrected chi connectivity index (χ1v) is 7.27. The van der Waals surface area contributed by atoms with Crippen molar-refractivity contribution in [3.63, 3.8) is 0 Å². The summed E-state index contributed by atoms with van der Waals surface area (Å²) in [5, 5.41) is 13.1. The highest BCUT2D eigenvalue weighted by atomic mass is 16.5. The van der Waals surface area contributed by atoms with Gasteiger partial charge in [0, 0.05) is 12.1 Å². The summed E-state index contributed by atoms with van der Waals surface area (Å²) in [6.45, 7) is 2.23. The Morgan fingerprint density at radius 3 is 2.29 bits per heavy atom. The summed E-state index contributed by atoms with van der Waals surface area (Å²) in [5.74, 6) is 0.856. The third kappa shape index (κ3) is 4.59. The molecule has 2 N–H and O–H groups in total. The highest BCUT2D eigenvalue weighted by Gasteiger charge is 2.13. The van der Waals surface area contributed by atoms with Crippen LogP contribution in [0.25, 0.3) is 0 Å². The Labute approximate surface area is 126 Å². The molecule has 0 aliphatic heterocycles. The second kappa shape index (κ2) is 7.81. The average Bonchev–Trinajstić information content (AvgIpc) is 2.55. The van der Waals surface area contributed by atoms with Gasteiger partial charge in [-0.3, -0.25) is 0 Å². The van der Waals surface area contributed by atoms with Crippen molar-refractivity contribution >= 4 is 0 Å². The number of rotatable bonds is 7. The summed E-state index contributed by atoms with van der Waals surface area (Å²) >= 11 is 0. The first-order valence-electron chi connectivity index (χ1n) is 7.27. The molecule has 0 aromatic heterocycles. The van der Waals surface area contributed by atoms with Gasteiger partial charge >= 0.3 is 0 Å². The van der Waals surface area contributed by atoms with Gasteiger partial charge in [0.05, 0.1) is 13.7 Å². The van der Waals surface area contributed by atoms with Gasteiger partial charge in [-0.05, 0) is 36.6 Å². The van der Waals surface area contributed by atoms with E-state index in [1.807, 2.05) is 42.5 Å². The molecule has 0 radical (unpaired) electrons. The van der Waals surface area contributed by atoms with Crippen LogP contribution in [0, 0.1) is 0 Å². The topological polar surface area (TPSA) is 41.5 Å². The molecule has 2 aromatic carbocycles. The molecule has 0 aliphatic carbocycles. The van der Waals surface area contributed by atoms with Crippen molar-refractivity contribution < 1.29 is 9.84 Å². The van der Waals surface area contributed by atoms with Gasteiger partial charge < -0.3 is 15.2 Å². The summed E-state index contributed by atoms with van der Waals surface area (Å²) in [7, 11) is 1.67. The molecule has 0 saturated heterocycles. The number of nitrogens with one attached hydrogen (secondary N) is 1. The standard InChI is InChI=1S/C18H23NO2/c1-14(16-8-10-18(21-2)11-9-16)19-17(13-20)12-15-6-4-3-5-7-15/h3-11,14,17,19-20H,12-13H2,1-2H3/t14?,17-/m0/s1. The molecule has 0 bridgehead atoms. The van der Waals surface area contributed by atoms with Crippen molar-refractivity contribution in [2.75, 3.05) is 13.7 Å². The number of ether oxygens (including phenoxy) is 1. The van der Waals surface area contributed by atoms with Crippen LogP contribution in [0.1, 0.15) is 24.1 Å². The van der Waals surface area contributed by atoms with Crippen LogP contribution in [-0.2, 0) is 6.42 Å². The van der Waals surface area contributed by atoms with Gasteiger partial charge in [-0.2, -0.15) is 0 Å². The minimum Gasteiger partial charge on any atom is -0.497 e. The molecule has 0 amide bonds. The monoisotopic (exact) mass is 285 g/mol. The van der Waals surface area contributed by atoms with Crippen molar-refractivity contribution in [1.29, 1.82) is 0 Å². The fourth-order valence-electron chi connectivity index (χ4n) is 2.42. The summed E-state index contributed by atoms with van der Waals surface area (Å²) in [6.07, 6.45) is 0.817. The lowest BCUT2D eigenvalue weighted by atomic mass is 10.0.